The van der Waals surface area contributed by atoms with Gasteiger partial charge >= 0.3 is 6.09 Å². The standard InChI is InChI=1S/C17H35N3O2/c1-6-11-20(7-2)12-10-18-14-8-9-15(13-14)19-16(21)22-17(3,4)5/h14-15,18H,6-13H2,1-5H3,(H,19,21). The molecule has 0 aromatic rings. The molecule has 5 heteroatoms. The van der Waals surface area contributed by atoms with Crippen LogP contribution in [0.2, 0.25) is 0 Å². The van der Waals surface area contributed by atoms with Crippen LogP contribution in [0.15, 0.2) is 0 Å². The fraction of sp³-hybridized carbons (Fsp3) is 0.941. The monoisotopic (exact) mass is 313 g/mol. The number of carbonyl (C=O) groups excluding carboxylic acids is 1. The van der Waals surface area contributed by atoms with Crippen LogP contribution in [0.25, 0.3) is 0 Å². The van der Waals surface area contributed by atoms with E-state index in [1.807, 2.05) is 20.8 Å². The molecule has 0 spiro atoms. The zero-order valence-electron chi connectivity index (χ0n) is 15.1. The highest BCUT2D eigenvalue weighted by Gasteiger charge is 2.27. The lowest BCUT2D eigenvalue weighted by molar-refractivity contribution is 0.0505. The second-order valence-electron chi connectivity index (χ2n) is 7.24. The molecular formula is C17H35N3O2. The summed E-state index contributed by atoms with van der Waals surface area (Å²) in [4.78, 5) is 14.2. The van der Waals surface area contributed by atoms with Gasteiger partial charge in [-0.3, -0.25) is 0 Å². The topological polar surface area (TPSA) is 53.6 Å². The highest BCUT2D eigenvalue weighted by Crippen LogP contribution is 2.19. The summed E-state index contributed by atoms with van der Waals surface area (Å²) in [6.45, 7) is 14.5. The van der Waals surface area contributed by atoms with Crippen molar-refractivity contribution in [3.8, 4) is 0 Å². The zero-order chi connectivity index (χ0) is 16.6. The third-order valence-corrected chi connectivity index (χ3v) is 4.00. The molecule has 1 amide bonds. The Balaban J connectivity index is 2.19. The van der Waals surface area contributed by atoms with Gasteiger partial charge in [-0.1, -0.05) is 13.8 Å². The van der Waals surface area contributed by atoms with E-state index in [0.717, 1.165) is 38.9 Å². The predicted molar refractivity (Wildman–Crippen MR) is 91.2 cm³/mol. The van der Waals surface area contributed by atoms with Gasteiger partial charge in [0.2, 0.25) is 0 Å². The first kappa shape index (κ1) is 19.2. The van der Waals surface area contributed by atoms with E-state index in [0.29, 0.717) is 6.04 Å². The molecule has 5 nitrogen and oxygen atoms in total. The number of amides is 1. The minimum atomic E-state index is -0.427. The largest absolute Gasteiger partial charge is 0.444 e. The van der Waals surface area contributed by atoms with E-state index in [1.165, 1.54) is 13.0 Å². The Morgan fingerprint density at radius 2 is 1.86 bits per heavy atom. The van der Waals surface area contributed by atoms with Crippen molar-refractivity contribution >= 4 is 6.09 Å². The first-order valence-electron chi connectivity index (χ1n) is 8.79. The van der Waals surface area contributed by atoms with E-state index < -0.39 is 5.60 Å². The van der Waals surface area contributed by atoms with Crippen LogP contribution >= 0.6 is 0 Å². The van der Waals surface area contributed by atoms with Gasteiger partial charge in [0.1, 0.15) is 5.60 Å². The van der Waals surface area contributed by atoms with E-state index in [9.17, 15) is 4.79 Å². The third kappa shape index (κ3) is 7.99. The molecule has 1 rings (SSSR count). The average Bonchev–Trinajstić information content (AvgIpc) is 2.82. The molecule has 1 aliphatic carbocycles. The van der Waals surface area contributed by atoms with Gasteiger partial charge in [-0.05, 0) is 59.5 Å². The molecule has 0 aromatic carbocycles. The van der Waals surface area contributed by atoms with Crippen molar-refractivity contribution in [1.82, 2.24) is 15.5 Å². The molecule has 1 aliphatic rings. The number of nitrogens with one attached hydrogen (secondary N) is 2. The van der Waals surface area contributed by atoms with Gasteiger partial charge < -0.3 is 20.3 Å². The van der Waals surface area contributed by atoms with E-state index in [2.05, 4.69) is 29.4 Å². The molecule has 0 aliphatic heterocycles. The number of nitrogens with zero attached hydrogens (tertiary/aromatic N) is 1. The van der Waals surface area contributed by atoms with Crippen LogP contribution in [-0.2, 0) is 4.74 Å². The molecule has 1 fully saturated rings. The average molecular weight is 313 g/mol. The van der Waals surface area contributed by atoms with E-state index in [4.69, 9.17) is 4.74 Å². The quantitative estimate of drug-likeness (QED) is 0.723. The summed E-state index contributed by atoms with van der Waals surface area (Å²) in [5, 5.41) is 6.61. The van der Waals surface area contributed by atoms with Crippen LogP contribution in [0.1, 0.15) is 60.3 Å². The second-order valence-corrected chi connectivity index (χ2v) is 7.24. The fourth-order valence-corrected chi connectivity index (χ4v) is 2.94. The molecule has 0 bridgehead atoms. The molecule has 0 heterocycles. The van der Waals surface area contributed by atoms with Gasteiger partial charge in [-0.15, -0.1) is 0 Å². The first-order valence-corrected chi connectivity index (χ1v) is 8.79. The summed E-state index contributed by atoms with van der Waals surface area (Å²) in [7, 11) is 0. The Morgan fingerprint density at radius 3 is 2.45 bits per heavy atom. The molecule has 2 unspecified atom stereocenters. The maximum absolute atomic E-state index is 11.8. The summed E-state index contributed by atoms with van der Waals surface area (Å²) in [5.74, 6) is 0. The lowest BCUT2D eigenvalue weighted by atomic mass is 10.2. The van der Waals surface area contributed by atoms with Gasteiger partial charge in [-0.25, -0.2) is 4.79 Å². The van der Waals surface area contributed by atoms with Crippen LogP contribution in [0, 0.1) is 0 Å². The summed E-state index contributed by atoms with van der Waals surface area (Å²) < 4.78 is 5.31. The van der Waals surface area contributed by atoms with Crippen LogP contribution in [0.4, 0.5) is 4.79 Å². The summed E-state index contributed by atoms with van der Waals surface area (Å²) in [6.07, 6.45) is 4.07. The Bertz CT molecular complexity index is 328. The molecule has 0 saturated heterocycles. The number of ether oxygens (including phenoxy) is 1. The number of likely N-dealkylation sites (N-methyl/N-ethyl adjacent to an activating group) is 1. The van der Waals surface area contributed by atoms with Crippen molar-refractivity contribution in [3.05, 3.63) is 0 Å². The maximum atomic E-state index is 11.8. The van der Waals surface area contributed by atoms with Gasteiger partial charge in [0, 0.05) is 25.2 Å². The van der Waals surface area contributed by atoms with Crippen LogP contribution in [0.5, 0.6) is 0 Å². The van der Waals surface area contributed by atoms with E-state index in [1.54, 1.807) is 0 Å². The molecule has 2 N–H and O–H groups in total. The summed E-state index contributed by atoms with van der Waals surface area (Å²) in [6, 6.07) is 0.755. The number of hydrogen-bond donors (Lipinski definition) is 2. The molecule has 1 saturated carbocycles. The lowest BCUT2D eigenvalue weighted by Crippen LogP contribution is -2.40. The highest BCUT2D eigenvalue weighted by atomic mass is 16.6. The van der Waals surface area contributed by atoms with Crippen LogP contribution < -0.4 is 10.6 Å². The minimum Gasteiger partial charge on any atom is -0.444 e. The smallest absolute Gasteiger partial charge is 0.407 e. The number of rotatable bonds is 8. The Kier molecular flexibility index (Phi) is 8.18. The molecule has 0 aromatic heterocycles. The van der Waals surface area contributed by atoms with Crippen molar-refractivity contribution in [2.45, 2.75) is 78.0 Å². The van der Waals surface area contributed by atoms with Gasteiger partial charge in [-0.2, -0.15) is 0 Å². The third-order valence-electron chi connectivity index (χ3n) is 4.00. The first-order chi connectivity index (χ1) is 10.3. The zero-order valence-corrected chi connectivity index (χ0v) is 15.1. The maximum Gasteiger partial charge on any atom is 0.407 e. The molecular weight excluding hydrogens is 278 g/mol. The highest BCUT2D eigenvalue weighted by molar-refractivity contribution is 5.68. The van der Waals surface area contributed by atoms with Crippen LogP contribution in [-0.4, -0.2) is 54.9 Å². The van der Waals surface area contributed by atoms with E-state index in [-0.39, 0.29) is 12.1 Å². The predicted octanol–water partition coefficient (Wildman–Crippen LogP) is 2.75. The van der Waals surface area contributed by atoms with Crippen molar-refractivity contribution in [2.75, 3.05) is 26.2 Å². The van der Waals surface area contributed by atoms with Gasteiger partial charge in [0.05, 0.1) is 0 Å². The Hall–Kier alpha value is -0.810. The Morgan fingerprint density at radius 1 is 1.18 bits per heavy atom. The number of alkyl carbamates (subject to hydrolysis) is 1. The van der Waals surface area contributed by atoms with Gasteiger partial charge in [0.15, 0.2) is 0 Å². The summed E-state index contributed by atoms with van der Waals surface area (Å²) >= 11 is 0. The molecule has 0 radical (unpaired) electrons. The second kappa shape index (κ2) is 9.36. The fourth-order valence-electron chi connectivity index (χ4n) is 2.94. The molecule has 22 heavy (non-hydrogen) atoms. The van der Waals surface area contributed by atoms with Crippen LogP contribution in [0.3, 0.4) is 0 Å². The van der Waals surface area contributed by atoms with E-state index >= 15 is 0 Å². The Labute approximate surface area is 136 Å². The summed E-state index contributed by atoms with van der Waals surface area (Å²) in [5.41, 5.74) is -0.427. The van der Waals surface area contributed by atoms with Crippen molar-refractivity contribution in [3.63, 3.8) is 0 Å². The number of hydrogen-bond acceptors (Lipinski definition) is 4. The lowest BCUT2D eigenvalue weighted by Gasteiger charge is -2.22. The van der Waals surface area contributed by atoms with Crippen molar-refractivity contribution in [1.29, 1.82) is 0 Å². The van der Waals surface area contributed by atoms with Crippen molar-refractivity contribution < 1.29 is 9.53 Å². The number of carbonyl (C=O) groups is 1. The SMILES string of the molecule is CCCN(CC)CCNC1CCC(NC(=O)OC(C)(C)C)C1. The molecule has 130 valence electrons. The van der Waals surface area contributed by atoms with Crippen molar-refractivity contribution in [2.24, 2.45) is 0 Å². The normalized spacial score (nSPS) is 22.1. The molecule has 2 atom stereocenters. The minimum absolute atomic E-state index is 0.241. The van der Waals surface area contributed by atoms with Gasteiger partial charge in [0.25, 0.3) is 0 Å².